The summed E-state index contributed by atoms with van der Waals surface area (Å²) in [6.07, 6.45) is 1.02. The monoisotopic (exact) mass is 278 g/mol. The number of benzene rings is 1. The summed E-state index contributed by atoms with van der Waals surface area (Å²) in [6, 6.07) is 4.42. The lowest BCUT2D eigenvalue weighted by molar-refractivity contribution is -0.385. The molecular formula is C13H18N4O3. The van der Waals surface area contributed by atoms with Gasteiger partial charge < -0.3 is 11.1 Å². The molecule has 2 rings (SSSR count). The Morgan fingerprint density at radius 1 is 1.40 bits per heavy atom. The molecule has 1 aliphatic heterocycles. The molecule has 3 N–H and O–H groups in total. The van der Waals surface area contributed by atoms with Crippen molar-refractivity contribution in [3.63, 3.8) is 0 Å². The van der Waals surface area contributed by atoms with Crippen LogP contribution in [0.1, 0.15) is 22.3 Å². The van der Waals surface area contributed by atoms with E-state index in [0.717, 1.165) is 32.6 Å². The van der Waals surface area contributed by atoms with E-state index in [2.05, 4.69) is 10.2 Å². The highest BCUT2D eigenvalue weighted by molar-refractivity contribution is 5.93. The number of amides is 1. The van der Waals surface area contributed by atoms with Gasteiger partial charge in [0.1, 0.15) is 0 Å². The summed E-state index contributed by atoms with van der Waals surface area (Å²) in [5.41, 5.74) is 5.89. The van der Waals surface area contributed by atoms with Crippen molar-refractivity contribution in [2.45, 2.75) is 13.0 Å². The van der Waals surface area contributed by atoms with E-state index in [1.54, 1.807) is 12.1 Å². The Bertz CT molecular complexity index is 510. The molecule has 1 aliphatic rings. The predicted octanol–water partition coefficient (Wildman–Crippen LogP) is 0.489. The van der Waals surface area contributed by atoms with E-state index in [4.69, 9.17) is 5.73 Å². The number of hydrogen-bond donors (Lipinski definition) is 2. The van der Waals surface area contributed by atoms with Crippen molar-refractivity contribution < 1.29 is 9.72 Å². The number of hydrogen-bond acceptors (Lipinski definition) is 5. The van der Waals surface area contributed by atoms with Crippen LogP contribution in [0.3, 0.4) is 0 Å². The van der Waals surface area contributed by atoms with Gasteiger partial charge in [-0.1, -0.05) is 6.07 Å². The minimum absolute atomic E-state index is 0.0430. The molecule has 7 heteroatoms. The lowest BCUT2D eigenvalue weighted by Crippen LogP contribution is -2.28. The van der Waals surface area contributed by atoms with Gasteiger partial charge >= 0.3 is 0 Å². The number of nitrogens with zero attached hydrogens (tertiary/aromatic N) is 2. The molecular weight excluding hydrogens is 260 g/mol. The first-order valence-electron chi connectivity index (χ1n) is 6.58. The third kappa shape index (κ3) is 3.52. The lowest BCUT2D eigenvalue weighted by Gasteiger charge is -2.19. The Morgan fingerprint density at radius 3 is 2.90 bits per heavy atom. The lowest BCUT2D eigenvalue weighted by atomic mass is 10.1. The van der Waals surface area contributed by atoms with Gasteiger partial charge in [-0.15, -0.1) is 0 Å². The summed E-state index contributed by atoms with van der Waals surface area (Å²) in [4.78, 5) is 23.9. The van der Waals surface area contributed by atoms with Gasteiger partial charge in [-0.25, -0.2) is 0 Å². The summed E-state index contributed by atoms with van der Waals surface area (Å²) in [5.74, 6) is -0.654. The van der Waals surface area contributed by atoms with E-state index in [1.807, 2.05) is 0 Å². The van der Waals surface area contributed by atoms with Crippen molar-refractivity contribution >= 4 is 11.6 Å². The summed E-state index contributed by atoms with van der Waals surface area (Å²) in [7, 11) is 0. The van der Waals surface area contributed by atoms with Crippen LogP contribution in [0.25, 0.3) is 0 Å². The van der Waals surface area contributed by atoms with Gasteiger partial charge in [0.2, 0.25) is 5.91 Å². The standard InChI is InChI=1S/C13H18N4O3/c14-13(18)10-2-3-11(12(8-10)17(19)20)9-16-6-1-4-15-5-7-16/h2-3,8,15H,1,4-7,9H2,(H2,14,18). The SMILES string of the molecule is NC(=O)c1ccc(CN2CCCNCC2)c([N+](=O)[O-])c1. The first-order valence-corrected chi connectivity index (χ1v) is 6.58. The molecule has 0 aromatic heterocycles. The highest BCUT2D eigenvalue weighted by Crippen LogP contribution is 2.22. The molecule has 0 atom stereocenters. The molecule has 7 nitrogen and oxygen atoms in total. The molecule has 0 aliphatic carbocycles. The number of carbonyl (C=O) groups is 1. The van der Waals surface area contributed by atoms with Crippen LogP contribution in [-0.4, -0.2) is 41.9 Å². The van der Waals surface area contributed by atoms with Gasteiger partial charge in [-0.3, -0.25) is 19.8 Å². The van der Waals surface area contributed by atoms with Crippen molar-refractivity contribution in [1.29, 1.82) is 0 Å². The van der Waals surface area contributed by atoms with E-state index in [9.17, 15) is 14.9 Å². The fourth-order valence-corrected chi connectivity index (χ4v) is 2.32. The molecule has 0 spiro atoms. The zero-order valence-corrected chi connectivity index (χ0v) is 11.2. The van der Waals surface area contributed by atoms with Crippen LogP contribution in [0.5, 0.6) is 0 Å². The minimum atomic E-state index is -0.654. The second-order valence-electron chi connectivity index (χ2n) is 4.84. The molecule has 1 fully saturated rings. The van der Waals surface area contributed by atoms with Crippen LogP contribution < -0.4 is 11.1 Å². The maximum absolute atomic E-state index is 11.1. The largest absolute Gasteiger partial charge is 0.366 e. The van der Waals surface area contributed by atoms with Crippen LogP contribution in [-0.2, 0) is 6.54 Å². The molecule has 0 bridgehead atoms. The summed E-state index contributed by atoms with van der Waals surface area (Å²) in [5, 5.41) is 14.4. The second-order valence-corrected chi connectivity index (χ2v) is 4.84. The van der Waals surface area contributed by atoms with Crippen LogP contribution in [0.15, 0.2) is 18.2 Å². The number of nitro groups is 1. The molecule has 20 heavy (non-hydrogen) atoms. The molecule has 108 valence electrons. The fourth-order valence-electron chi connectivity index (χ4n) is 2.32. The summed E-state index contributed by atoms with van der Waals surface area (Å²) < 4.78 is 0. The topological polar surface area (TPSA) is 102 Å². The molecule has 0 radical (unpaired) electrons. The quantitative estimate of drug-likeness (QED) is 0.616. The van der Waals surface area contributed by atoms with Gasteiger partial charge in [0.05, 0.1) is 4.92 Å². The number of rotatable bonds is 4. The van der Waals surface area contributed by atoms with Crippen molar-refractivity contribution in [3.8, 4) is 0 Å². The van der Waals surface area contributed by atoms with Crippen LogP contribution >= 0.6 is 0 Å². The average molecular weight is 278 g/mol. The first kappa shape index (κ1) is 14.4. The highest BCUT2D eigenvalue weighted by Gasteiger charge is 2.19. The molecule has 1 amide bonds. The molecule has 0 unspecified atom stereocenters. The van der Waals surface area contributed by atoms with Crippen molar-refractivity contribution in [2.75, 3.05) is 26.2 Å². The van der Waals surface area contributed by atoms with Crippen molar-refractivity contribution in [2.24, 2.45) is 5.73 Å². The van der Waals surface area contributed by atoms with Gasteiger partial charge in [0, 0.05) is 36.8 Å². The van der Waals surface area contributed by atoms with Crippen LogP contribution in [0.2, 0.25) is 0 Å². The highest BCUT2D eigenvalue weighted by atomic mass is 16.6. The van der Waals surface area contributed by atoms with Crippen LogP contribution in [0.4, 0.5) is 5.69 Å². The molecule has 1 heterocycles. The predicted molar refractivity (Wildman–Crippen MR) is 74.4 cm³/mol. The fraction of sp³-hybridized carbons (Fsp3) is 0.462. The summed E-state index contributed by atoms with van der Waals surface area (Å²) >= 11 is 0. The number of carbonyl (C=O) groups excluding carboxylic acids is 1. The third-order valence-corrected chi connectivity index (χ3v) is 3.39. The second kappa shape index (κ2) is 6.44. The number of nitrogens with two attached hydrogens (primary N) is 1. The maximum atomic E-state index is 11.1. The van der Waals surface area contributed by atoms with Crippen LogP contribution in [0, 0.1) is 10.1 Å². The Morgan fingerprint density at radius 2 is 2.20 bits per heavy atom. The van der Waals surface area contributed by atoms with E-state index in [-0.39, 0.29) is 11.3 Å². The van der Waals surface area contributed by atoms with Gasteiger partial charge in [-0.05, 0) is 25.6 Å². The van der Waals surface area contributed by atoms with E-state index in [1.165, 1.54) is 6.07 Å². The molecule has 1 saturated heterocycles. The first-order chi connectivity index (χ1) is 9.58. The number of nitro benzene ring substituents is 1. The Kier molecular flexibility index (Phi) is 4.65. The van der Waals surface area contributed by atoms with E-state index >= 15 is 0 Å². The van der Waals surface area contributed by atoms with Crippen molar-refractivity contribution in [1.82, 2.24) is 10.2 Å². The van der Waals surface area contributed by atoms with Gasteiger partial charge in [0.15, 0.2) is 0 Å². The smallest absolute Gasteiger partial charge is 0.274 e. The van der Waals surface area contributed by atoms with E-state index in [0.29, 0.717) is 12.1 Å². The Balaban J connectivity index is 2.21. The number of nitrogens with one attached hydrogen (secondary N) is 1. The summed E-state index contributed by atoms with van der Waals surface area (Å²) in [6.45, 7) is 4.12. The van der Waals surface area contributed by atoms with Gasteiger partial charge in [0.25, 0.3) is 5.69 Å². The Labute approximate surface area is 116 Å². The maximum Gasteiger partial charge on any atom is 0.274 e. The molecule has 0 saturated carbocycles. The number of primary amides is 1. The zero-order valence-electron chi connectivity index (χ0n) is 11.2. The third-order valence-electron chi connectivity index (χ3n) is 3.39. The van der Waals surface area contributed by atoms with E-state index < -0.39 is 10.8 Å². The van der Waals surface area contributed by atoms with Gasteiger partial charge in [-0.2, -0.15) is 0 Å². The minimum Gasteiger partial charge on any atom is -0.366 e. The van der Waals surface area contributed by atoms with Crippen molar-refractivity contribution in [3.05, 3.63) is 39.4 Å². The average Bonchev–Trinajstić information content (AvgIpc) is 2.67. The zero-order chi connectivity index (χ0) is 14.5. The molecule has 1 aromatic rings. The molecule has 1 aromatic carbocycles. The Hall–Kier alpha value is -1.99. The normalized spacial score (nSPS) is 16.6.